The molecule has 1 aromatic rings. The number of amides is 1. The number of piperazine rings is 1. The molecule has 17 heavy (non-hydrogen) atoms. The van der Waals surface area contributed by atoms with Crippen LogP contribution in [0.1, 0.15) is 18.3 Å². The first-order valence-electron chi connectivity index (χ1n) is 5.82. The molecule has 0 spiro atoms. The lowest BCUT2D eigenvalue weighted by Gasteiger charge is -2.26. The van der Waals surface area contributed by atoms with Crippen LogP contribution in [-0.4, -0.2) is 40.2 Å². The van der Waals surface area contributed by atoms with Gasteiger partial charge < -0.3 is 5.32 Å². The smallest absolute Gasteiger partial charge is 0.234 e. The molecule has 94 valence electrons. The summed E-state index contributed by atoms with van der Waals surface area (Å²) in [6, 6.07) is 0. The third-order valence-electron chi connectivity index (χ3n) is 2.94. The highest BCUT2D eigenvalue weighted by molar-refractivity contribution is 9.10. The van der Waals surface area contributed by atoms with Gasteiger partial charge in [-0.15, -0.1) is 0 Å². The van der Waals surface area contributed by atoms with Gasteiger partial charge in [0.25, 0.3) is 0 Å². The zero-order chi connectivity index (χ0) is 12.4. The Morgan fingerprint density at radius 3 is 2.94 bits per heavy atom. The maximum atomic E-state index is 11.3. The molecule has 1 fully saturated rings. The summed E-state index contributed by atoms with van der Waals surface area (Å²) in [6.07, 6.45) is 0. The first-order chi connectivity index (χ1) is 8.11. The Kier molecular flexibility index (Phi) is 3.83. The van der Waals surface area contributed by atoms with Gasteiger partial charge >= 0.3 is 0 Å². The fourth-order valence-corrected chi connectivity index (χ4v) is 2.47. The Labute approximate surface area is 109 Å². The fourth-order valence-electron chi connectivity index (χ4n) is 2.06. The second-order valence-electron chi connectivity index (χ2n) is 4.22. The van der Waals surface area contributed by atoms with E-state index in [1.807, 2.05) is 11.6 Å². The highest BCUT2D eigenvalue weighted by Crippen LogP contribution is 2.22. The molecule has 1 aliphatic heterocycles. The van der Waals surface area contributed by atoms with Crippen LogP contribution in [0.4, 0.5) is 0 Å². The van der Waals surface area contributed by atoms with E-state index in [1.165, 1.54) is 0 Å². The molecule has 1 amide bonds. The molecule has 0 radical (unpaired) electrons. The molecule has 2 heterocycles. The van der Waals surface area contributed by atoms with Gasteiger partial charge in [-0.1, -0.05) is 0 Å². The van der Waals surface area contributed by atoms with Gasteiger partial charge in [-0.3, -0.25) is 14.4 Å². The Morgan fingerprint density at radius 1 is 1.53 bits per heavy atom. The summed E-state index contributed by atoms with van der Waals surface area (Å²) >= 11 is 3.57. The Bertz CT molecular complexity index is 429. The van der Waals surface area contributed by atoms with E-state index in [-0.39, 0.29) is 5.91 Å². The molecule has 1 aliphatic rings. The number of aromatic nitrogens is 2. The van der Waals surface area contributed by atoms with E-state index in [9.17, 15) is 4.79 Å². The van der Waals surface area contributed by atoms with Crippen LogP contribution in [-0.2, 0) is 17.9 Å². The lowest BCUT2D eigenvalue weighted by molar-refractivity contribution is -0.124. The fraction of sp³-hybridized carbons (Fsp3) is 0.636. The minimum atomic E-state index is 0.103. The van der Waals surface area contributed by atoms with Gasteiger partial charge in [-0.25, -0.2) is 0 Å². The Balaban J connectivity index is 2.14. The molecule has 6 heteroatoms. The van der Waals surface area contributed by atoms with Gasteiger partial charge in [0, 0.05) is 26.2 Å². The van der Waals surface area contributed by atoms with Crippen LogP contribution >= 0.6 is 15.9 Å². The van der Waals surface area contributed by atoms with Crippen molar-refractivity contribution in [3.8, 4) is 0 Å². The van der Waals surface area contributed by atoms with Gasteiger partial charge in [0.1, 0.15) is 0 Å². The van der Waals surface area contributed by atoms with E-state index in [0.717, 1.165) is 42.0 Å². The predicted octanol–water partition coefficient (Wildman–Crippen LogP) is 0.906. The lowest BCUT2D eigenvalue weighted by Crippen LogP contribution is -2.47. The van der Waals surface area contributed by atoms with Crippen LogP contribution < -0.4 is 5.32 Å². The molecular formula is C11H17BrN4O. The van der Waals surface area contributed by atoms with Gasteiger partial charge in [-0.2, -0.15) is 5.10 Å². The molecule has 2 rings (SSSR count). The number of rotatable bonds is 3. The van der Waals surface area contributed by atoms with E-state index in [1.54, 1.807) is 0 Å². The van der Waals surface area contributed by atoms with Crippen LogP contribution in [0.2, 0.25) is 0 Å². The van der Waals surface area contributed by atoms with Crippen molar-refractivity contribution in [1.29, 1.82) is 0 Å². The van der Waals surface area contributed by atoms with Crippen molar-refractivity contribution < 1.29 is 4.79 Å². The Hall–Kier alpha value is -0.880. The molecule has 0 aromatic carbocycles. The monoisotopic (exact) mass is 300 g/mol. The summed E-state index contributed by atoms with van der Waals surface area (Å²) < 4.78 is 3.05. The molecule has 1 N–H and O–H groups in total. The van der Waals surface area contributed by atoms with Crippen molar-refractivity contribution in [1.82, 2.24) is 20.0 Å². The number of nitrogens with zero attached hydrogens (tertiary/aromatic N) is 3. The maximum Gasteiger partial charge on any atom is 0.234 e. The van der Waals surface area contributed by atoms with Gasteiger partial charge in [-0.05, 0) is 29.8 Å². The molecular weight excluding hydrogens is 284 g/mol. The van der Waals surface area contributed by atoms with Crippen molar-refractivity contribution in [2.45, 2.75) is 26.9 Å². The third kappa shape index (κ3) is 2.69. The molecule has 1 saturated heterocycles. The van der Waals surface area contributed by atoms with E-state index in [0.29, 0.717) is 6.54 Å². The number of hydrogen-bond donors (Lipinski definition) is 1. The minimum Gasteiger partial charge on any atom is -0.354 e. The number of hydrogen-bond acceptors (Lipinski definition) is 3. The van der Waals surface area contributed by atoms with Crippen LogP contribution in [0, 0.1) is 6.92 Å². The highest BCUT2D eigenvalue weighted by Gasteiger charge is 2.20. The average molecular weight is 301 g/mol. The summed E-state index contributed by atoms with van der Waals surface area (Å²) in [5, 5.41) is 7.29. The van der Waals surface area contributed by atoms with Crippen LogP contribution in [0.15, 0.2) is 4.47 Å². The number of carbonyl (C=O) groups excluding carboxylic acids is 1. The topological polar surface area (TPSA) is 50.2 Å². The van der Waals surface area contributed by atoms with E-state index in [4.69, 9.17) is 0 Å². The van der Waals surface area contributed by atoms with E-state index < -0.39 is 0 Å². The van der Waals surface area contributed by atoms with Gasteiger partial charge in [0.05, 0.1) is 22.4 Å². The summed E-state index contributed by atoms with van der Waals surface area (Å²) in [5.74, 6) is 0.103. The maximum absolute atomic E-state index is 11.3. The van der Waals surface area contributed by atoms with Crippen molar-refractivity contribution in [2.24, 2.45) is 0 Å². The van der Waals surface area contributed by atoms with Crippen LogP contribution in [0.25, 0.3) is 0 Å². The molecule has 0 aliphatic carbocycles. The summed E-state index contributed by atoms with van der Waals surface area (Å²) in [6.45, 7) is 7.78. The van der Waals surface area contributed by atoms with E-state index >= 15 is 0 Å². The second-order valence-corrected chi connectivity index (χ2v) is 5.02. The Morgan fingerprint density at radius 2 is 2.29 bits per heavy atom. The normalized spacial score (nSPS) is 17.2. The quantitative estimate of drug-likeness (QED) is 0.903. The zero-order valence-corrected chi connectivity index (χ0v) is 11.7. The van der Waals surface area contributed by atoms with Crippen molar-refractivity contribution >= 4 is 21.8 Å². The molecule has 0 bridgehead atoms. The second kappa shape index (κ2) is 5.18. The highest BCUT2D eigenvalue weighted by atomic mass is 79.9. The number of halogens is 1. The average Bonchev–Trinajstić information content (AvgIpc) is 2.57. The van der Waals surface area contributed by atoms with Crippen molar-refractivity contribution in [3.63, 3.8) is 0 Å². The molecule has 0 atom stereocenters. The van der Waals surface area contributed by atoms with Crippen molar-refractivity contribution in [2.75, 3.05) is 19.6 Å². The zero-order valence-electron chi connectivity index (χ0n) is 10.2. The molecule has 1 aromatic heterocycles. The van der Waals surface area contributed by atoms with E-state index in [2.05, 4.69) is 38.2 Å². The lowest BCUT2D eigenvalue weighted by atomic mass is 10.3. The van der Waals surface area contributed by atoms with Crippen molar-refractivity contribution in [3.05, 3.63) is 15.9 Å². The minimum absolute atomic E-state index is 0.103. The first kappa shape index (κ1) is 12.6. The first-order valence-corrected chi connectivity index (χ1v) is 6.62. The van der Waals surface area contributed by atoms with Crippen LogP contribution in [0.3, 0.4) is 0 Å². The summed E-state index contributed by atoms with van der Waals surface area (Å²) in [4.78, 5) is 13.5. The number of nitrogens with one attached hydrogen (secondary N) is 1. The summed E-state index contributed by atoms with van der Waals surface area (Å²) in [7, 11) is 0. The van der Waals surface area contributed by atoms with Gasteiger partial charge in [0.2, 0.25) is 5.91 Å². The van der Waals surface area contributed by atoms with Gasteiger partial charge in [0.15, 0.2) is 0 Å². The number of aryl methyl sites for hydroxylation is 2. The van der Waals surface area contributed by atoms with Crippen LogP contribution in [0.5, 0.6) is 0 Å². The third-order valence-corrected chi connectivity index (χ3v) is 3.98. The predicted molar refractivity (Wildman–Crippen MR) is 68.6 cm³/mol. The number of carbonyl (C=O) groups is 1. The molecule has 5 nitrogen and oxygen atoms in total. The molecule has 0 unspecified atom stereocenters. The molecule has 0 saturated carbocycles. The SMILES string of the molecule is CCn1nc(C)c(Br)c1CN1CCNC(=O)C1. The largest absolute Gasteiger partial charge is 0.354 e. The standard InChI is InChI=1S/C11H17BrN4O/c1-3-16-9(11(12)8(2)14-16)6-15-5-4-13-10(17)7-15/h3-7H2,1-2H3,(H,13,17). The summed E-state index contributed by atoms with van der Waals surface area (Å²) in [5.41, 5.74) is 2.16.